The molecule has 0 unspecified atom stereocenters. The monoisotopic (exact) mass is 254 g/mol. The van der Waals surface area contributed by atoms with Crippen molar-refractivity contribution in [2.75, 3.05) is 19.6 Å². The van der Waals surface area contributed by atoms with Gasteiger partial charge < -0.3 is 10.2 Å². The molecule has 0 radical (unpaired) electrons. The third kappa shape index (κ3) is 3.04. The number of hydrogen-bond acceptors (Lipinski definition) is 2. The van der Waals surface area contributed by atoms with Crippen LogP contribution in [-0.4, -0.2) is 42.4 Å². The van der Waals surface area contributed by atoms with Gasteiger partial charge in [0.2, 0.25) is 5.91 Å². The first kappa shape index (κ1) is 13.6. The molecule has 0 aromatic carbocycles. The van der Waals surface area contributed by atoms with E-state index < -0.39 is 12.5 Å². The standard InChI is InChI=1S/C10H16F2N2O.ClH/c11-10(12)4-6-14(7-10)9(15)8-3-1-2-5-13-8;/h8,13H,1-7H2;1H/t8-;/m0./s1. The van der Waals surface area contributed by atoms with E-state index in [1.165, 1.54) is 4.90 Å². The van der Waals surface area contributed by atoms with Crippen molar-refractivity contribution in [3.05, 3.63) is 0 Å². The van der Waals surface area contributed by atoms with Gasteiger partial charge in [-0.3, -0.25) is 4.79 Å². The molecule has 0 aromatic rings. The summed E-state index contributed by atoms with van der Waals surface area (Å²) in [5.74, 6) is -2.82. The highest BCUT2D eigenvalue weighted by molar-refractivity contribution is 5.85. The zero-order chi connectivity index (χ0) is 10.9. The number of carbonyl (C=O) groups is 1. The van der Waals surface area contributed by atoms with Crippen molar-refractivity contribution < 1.29 is 13.6 Å². The summed E-state index contributed by atoms with van der Waals surface area (Å²) >= 11 is 0. The second kappa shape index (κ2) is 5.27. The normalized spacial score (nSPS) is 28.6. The lowest BCUT2D eigenvalue weighted by atomic mass is 10.0. The molecule has 0 aliphatic carbocycles. The third-order valence-electron chi connectivity index (χ3n) is 3.09. The van der Waals surface area contributed by atoms with Crippen molar-refractivity contribution in [3.8, 4) is 0 Å². The van der Waals surface area contributed by atoms with Crippen LogP contribution < -0.4 is 5.32 Å². The number of alkyl halides is 2. The van der Waals surface area contributed by atoms with E-state index in [4.69, 9.17) is 0 Å². The summed E-state index contributed by atoms with van der Waals surface area (Å²) in [6.45, 7) is 0.620. The van der Waals surface area contributed by atoms with Crippen LogP contribution in [0.1, 0.15) is 25.7 Å². The van der Waals surface area contributed by atoms with Crippen LogP contribution in [0.2, 0.25) is 0 Å². The second-order valence-corrected chi connectivity index (χ2v) is 4.37. The van der Waals surface area contributed by atoms with Gasteiger partial charge in [0.15, 0.2) is 0 Å². The first-order valence-electron chi connectivity index (χ1n) is 5.48. The fraction of sp³-hybridized carbons (Fsp3) is 0.900. The summed E-state index contributed by atoms with van der Waals surface area (Å²) in [5.41, 5.74) is 0. The lowest BCUT2D eigenvalue weighted by Crippen LogP contribution is -2.48. The highest BCUT2D eigenvalue weighted by Gasteiger charge is 2.41. The molecule has 1 N–H and O–H groups in total. The summed E-state index contributed by atoms with van der Waals surface area (Å²) in [5, 5.41) is 3.09. The van der Waals surface area contributed by atoms with Crippen LogP contribution in [0.15, 0.2) is 0 Å². The largest absolute Gasteiger partial charge is 0.335 e. The van der Waals surface area contributed by atoms with Gasteiger partial charge in [-0.05, 0) is 19.4 Å². The van der Waals surface area contributed by atoms with Crippen LogP contribution in [0.3, 0.4) is 0 Å². The average Bonchev–Trinajstić information content (AvgIpc) is 2.59. The van der Waals surface area contributed by atoms with Crippen molar-refractivity contribution >= 4 is 18.3 Å². The van der Waals surface area contributed by atoms with Crippen LogP contribution in [-0.2, 0) is 4.79 Å². The zero-order valence-electron chi connectivity index (χ0n) is 9.05. The molecule has 2 aliphatic rings. The van der Waals surface area contributed by atoms with E-state index in [0.29, 0.717) is 0 Å². The van der Waals surface area contributed by atoms with Gasteiger partial charge in [0, 0.05) is 13.0 Å². The molecule has 0 saturated carbocycles. The Kier molecular flexibility index (Phi) is 4.50. The molecule has 2 aliphatic heterocycles. The number of likely N-dealkylation sites (tertiary alicyclic amines) is 1. The van der Waals surface area contributed by atoms with Crippen LogP contribution in [0, 0.1) is 0 Å². The van der Waals surface area contributed by atoms with E-state index >= 15 is 0 Å². The lowest BCUT2D eigenvalue weighted by Gasteiger charge is -2.27. The highest BCUT2D eigenvalue weighted by Crippen LogP contribution is 2.27. The molecular formula is C10H17ClF2N2O. The Morgan fingerprint density at radius 2 is 2.12 bits per heavy atom. The average molecular weight is 255 g/mol. The van der Waals surface area contributed by atoms with Crippen LogP contribution in [0.5, 0.6) is 0 Å². The van der Waals surface area contributed by atoms with Gasteiger partial charge in [-0.15, -0.1) is 12.4 Å². The maximum Gasteiger partial charge on any atom is 0.267 e. The van der Waals surface area contributed by atoms with E-state index in [0.717, 1.165) is 25.8 Å². The molecule has 0 spiro atoms. The van der Waals surface area contributed by atoms with Crippen molar-refractivity contribution in [2.45, 2.75) is 37.6 Å². The molecule has 2 fully saturated rings. The fourth-order valence-corrected chi connectivity index (χ4v) is 2.21. The first-order chi connectivity index (χ1) is 7.08. The van der Waals surface area contributed by atoms with E-state index in [1.54, 1.807) is 0 Å². The van der Waals surface area contributed by atoms with Crippen molar-refractivity contribution in [1.29, 1.82) is 0 Å². The fourth-order valence-electron chi connectivity index (χ4n) is 2.21. The van der Waals surface area contributed by atoms with Gasteiger partial charge in [0.05, 0.1) is 12.6 Å². The lowest BCUT2D eigenvalue weighted by molar-refractivity contribution is -0.134. The maximum absolute atomic E-state index is 12.9. The van der Waals surface area contributed by atoms with E-state index in [9.17, 15) is 13.6 Å². The van der Waals surface area contributed by atoms with Crippen molar-refractivity contribution in [1.82, 2.24) is 10.2 Å². The molecule has 16 heavy (non-hydrogen) atoms. The Bertz CT molecular complexity index is 257. The van der Waals surface area contributed by atoms with Crippen LogP contribution in [0.25, 0.3) is 0 Å². The van der Waals surface area contributed by atoms with Crippen LogP contribution in [0.4, 0.5) is 8.78 Å². The zero-order valence-corrected chi connectivity index (χ0v) is 9.86. The Labute approximate surface area is 100.0 Å². The van der Waals surface area contributed by atoms with Gasteiger partial charge in [-0.2, -0.15) is 0 Å². The third-order valence-corrected chi connectivity index (χ3v) is 3.09. The SMILES string of the molecule is Cl.O=C([C@@H]1CCCCN1)N1CCC(F)(F)C1. The quantitative estimate of drug-likeness (QED) is 0.768. The minimum Gasteiger partial charge on any atom is -0.335 e. The topological polar surface area (TPSA) is 32.3 Å². The number of nitrogens with zero attached hydrogens (tertiary/aromatic N) is 1. The molecular weight excluding hydrogens is 238 g/mol. The van der Waals surface area contributed by atoms with E-state index in [2.05, 4.69) is 5.32 Å². The number of rotatable bonds is 1. The number of carbonyl (C=O) groups excluding carboxylic acids is 1. The van der Waals surface area contributed by atoms with Gasteiger partial charge in [0.1, 0.15) is 0 Å². The predicted molar refractivity (Wildman–Crippen MR) is 59.0 cm³/mol. The molecule has 94 valence electrons. The number of halogens is 3. The highest BCUT2D eigenvalue weighted by atomic mass is 35.5. The van der Waals surface area contributed by atoms with Crippen molar-refractivity contribution in [3.63, 3.8) is 0 Å². The number of piperidine rings is 1. The minimum atomic E-state index is -2.68. The molecule has 0 aromatic heterocycles. The molecule has 2 saturated heterocycles. The minimum absolute atomic E-state index is 0. The van der Waals surface area contributed by atoms with E-state index in [1.807, 2.05) is 0 Å². The summed E-state index contributed by atoms with van der Waals surface area (Å²) in [7, 11) is 0. The molecule has 2 rings (SSSR count). The predicted octanol–water partition coefficient (Wildman–Crippen LogP) is 1.42. The molecule has 3 nitrogen and oxygen atoms in total. The maximum atomic E-state index is 12.9. The van der Waals surface area contributed by atoms with Gasteiger partial charge in [-0.1, -0.05) is 6.42 Å². The van der Waals surface area contributed by atoms with Crippen molar-refractivity contribution in [2.24, 2.45) is 0 Å². The number of amides is 1. The summed E-state index contributed by atoms with van der Waals surface area (Å²) in [6, 6.07) is -0.229. The number of nitrogens with one attached hydrogen (secondary N) is 1. The van der Waals surface area contributed by atoms with Gasteiger partial charge >= 0.3 is 0 Å². The first-order valence-corrected chi connectivity index (χ1v) is 5.48. The Balaban J connectivity index is 0.00000128. The van der Waals surface area contributed by atoms with Gasteiger partial charge in [-0.25, -0.2) is 8.78 Å². The van der Waals surface area contributed by atoms with E-state index in [-0.39, 0.29) is 37.3 Å². The Morgan fingerprint density at radius 3 is 2.62 bits per heavy atom. The van der Waals surface area contributed by atoms with Crippen LogP contribution >= 0.6 is 12.4 Å². The number of hydrogen-bond donors (Lipinski definition) is 1. The molecule has 2 heterocycles. The smallest absolute Gasteiger partial charge is 0.267 e. The molecule has 1 amide bonds. The molecule has 0 bridgehead atoms. The Morgan fingerprint density at radius 1 is 1.38 bits per heavy atom. The second-order valence-electron chi connectivity index (χ2n) is 4.37. The summed E-state index contributed by atoms with van der Waals surface area (Å²) < 4.78 is 25.8. The molecule has 6 heteroatoms. The van der Waals surface area contributed by atoms with Gasteiger partial charge in [0.25, 0.3) is 5.92 Å². The molecule has 1 atom stereocenters. The summed E-state index contributed by atoms with van der Waals surface area (Å²) in [4.78, 5) is 13.1. The Hall–Kier alpha value is -0.420. The summed E-state index contributed by atoms with van der Waals surface area (Å²) in [6.07, 6.45) is 2.67.